The van der Waals surface area contributed by atoms with Gasteiger partial charge in [-0.1, -0.05) is 42.5 Å². The van der Waals surface area contributed by atoms with Gasteiger partial charge in [-0.25, -0.2) is 4.79 Å². The Balaban J connectivity index is 2.00. The van der Waals surface area contributed by atoms with Crippen molar-refractivity contribution in [3.05, 3.63) is 60.2 Å². The number of benzene rings is 2. The third-order valence-corrected chi connectivity index (χ3v) is 4.53. The molecular formula is C22H26N2O5. The zero-order valence-corrected chi connectivity index (χ0v) is 16.9. The molecule has 2 atom stereocenters. The van der Waals surface area contributed by atoms with Gasteiger partial charge in [0.25, 0.3) is 6.01 Å². The van der Waals surface area contributed by atoms with E-state index in [0.29, 0.717) is 18.2 Å². The highest BCUT2D eigenvalue weighted by atomic mass is 16.6. The van der Waals surface area contributed by atoms with Crippen LogP contribution in [0.1, 0.15) is 18.5 Å². The zero-order chi connectivity index (χ0) is 20.6. The summed E-state index contributed by atoms with van der Waals surface area (Å²) in [6.45, 7) is 2.65. The molecule has 3 aromatic rings. The van der Waals surface area contributed by atoms with Gasteiger partial charge in [0.05, 0.1) is 25.9 Å². The number of rotatable bonds is 10. The summed E-state index contributed by atoms with van der Waals surface area (Å²) in [5.74, 6) is -0.444. The number of nitrogens with zero attached hydrogens (tertiary/aromatic N) is 2. The average Bonchev–Trinajstić information content (AvgIpc) is 3.18. The summed E-state index contributed by atoms with van der Waals surface area (Å²) in [7, 11) is 3.41. The van der Waals surface area contributed by atoms with Gasteiger partial charge in [0.1, 0.15) is 5.52 Å². The molecule has 2 unspecified atom stereocenters. The third-order valence-electron chi connectivity index (χ3n) is 4.53. The summed E-state index contributed by atoms with van der Waals surface area (Å²) >= 11 is 0. The van der Waals surface area contributed by atoms with Crippen LogP contribution in [0.2, 0.25) is 0 Å². The normalized spacial score (nSPS) is 13.2. The van der Waals surface area contributed by atoms with Gasteiger partial charge >= 0.3 is 5.97 Å². The van der Waals surface area contributed by atoms with Crippen molar-refractivity contribution in [2.24, 2.45) is 0 Å². The Labute approximate surface area is 170 Å². The second kappa shape index (κ2) is 10.0. The highest BCUT2D eigenvalue weighted by molar-refractivity contribution is 5.77. The number of hydrogen-bond acceptors (Lipinski definition) is 7. The number of anilines is 1. The Hall–Kier alpha value is -2.90. The van der Waals surface area contributed by atoms with Crippen LogP contribution in [-0.2, 0) is 19.0 Å². The zero-order valence-electron chi connectivity index (χ0n) is 16.9. The van der Waals surface area contributed by atoms with E-state index in [-0.39, 0.29) is 13.2 Å². The van der Waals surface area contributed by atoms with Crippen LogP contribution in [0.15, 0.2) is 59.0 Å². The molecule has 0 amide bonds. The lowest BCUT2D eigenvalue weighted by atomic mass is 10.00. The number of fused-ring (bicyclic) bond motifs is 1. The van der Waals surface area contributed by atoms with Gasteiger partial charge in [-0.15, -0.1) is 0 Å². The van der Waals surface area contributed by atoms with Crippen LogP contribution in [0.3, 0.4) is 0 Å². The number of carbonyl (C=O) groups excluding carboxylic acids is 1. The molecule has 0 spiro atoms. The van der Waals surface area contributed by atoms with Crippen LogP contribution in [-0.4, -0.2) is 51.0 Å². The lowest BCUT2D eigenvalue weighted by Crippen LogP contribution is -2.42. The van der Waals surface area contributed by atoms with Gasteiger partial charge in [0.15, 0.2) is 11.7 Å². The molecule has 0 saturated heterocycles. The number of para-hydroxylation sites is 2. The monoisotopic (exact) mass is 398 g/mol. The molecule has 0 aliphatic heterocycles. The van der Waals surface area contributed by atoms with Crippen molar-refractivity contribution in [1.82, 2.24) is 4.98 Å². The maximum atomic E-state index is 12.8. The quantitative estimate of drug-likeness (QED) is 0.382. The van der Waals surface area contributed by atoms with E-state index in [4.69, 9.17) is 18.6 Å². The molecule has 0 aliphatic carbocycles. The van der Waals surface area contributed by atoms with Crippen LogP contribution in [0, 0.1) is 0 Å². The second-order valence-electron chi connectivity index (χ2n) is 6.47. The smallest absolute Gasteiger partial charge is 0.337 e. The van der Waals surface area contributed by atoms with E-state index in [2.05, 4.69) is 4.98 Å². The van der Waals surface area contributed by atoms with Gasteiger partial charge in [-0.3, -0.25) is 0 Å². The first kappa shape index (κ1) is 20.8. The molecule has 0 fully saturated rings. The molecule has 0 bridgehead atoms. The predicted molar refractivity (Wildman–Crippen MR) is 110 cm³/mol. The van der Waals surface area contributed by atoms with Gasteiger partial charge in [0.2, 0.25) is 0 Å². The van der Waals surface area contributed by atoms with Crippen molar-refractivity contribution in [2.75, 3.05) is 38.9 Å². The number of methoxy groups -OCH3 is 1. The highest BCUT2D eigenvalue weighted by Gasteiger charge is 2.36. The Bertz CT molecular complexity index is 879. The van der Waals surface area contributed by atoms with E-state index < -0.39 is 18.1 Å². The van der Waals surface area contributed by atoms with E-state index in [1.54, 1.807) is 14.0 Å². The molecule has 0 aliphatic rings. The first-order chi connectivity index (χ1) is 14.2. The van der Waals surface area contributed by atoms with Crippen LogP contribution >= 0.6 is 0 Å². The largest absolute Gasteiger partial charge is 0.464 e. The second-order valence-corrected chi connectivity index (χ2v) is 6.47. The summed E-state index contributed by atoms with van der Waals surface area (Å²) in [4.78, 5) is 19.2. The fraction of sp³-hybridized carbons (Fsp3) is 0.364. The number of aromatic nitrogens is 1. The molecule has 7 nitrogen and oxygen atoms in total. The Kier molecular flexibility index (Phi) is 7.21. The first-order valence-electron chi connectivity index (χ1n) is 9.56. The molecule has 0 radical (unpaired) electrons. The van der Waals surface area contributed by atoms with E-state index in [9.17, 15) is 4.79 Å². The van der Waals surface area contributed by atoms with Crippen LogP contribution < -0.4 is 4.90 Å². The number of esters is 1. The molecule has 1 aromatic heterocycles. The Morgan fingerprint density at radius 3 is 2.52 bits per heavy atom. The van der Waals surface area contributed by atoms with Gasteiger partial charge in [-0.05, 0) is 24.6 Å². The molecule has 154 valence electrons. The van der Waals surface area contributed by atoms with Crippen LogP contribution in [0.5, 0.6) is 0 Å². The Morgan fingerprint density at radius 1 is 1.10 bits per heavy atom. The maximum Gasteiger partial charge on any atom is 0.337 e. The molecule has 3 rings (SSSR count). The van der Waals surface area contributed by atoms with E-state index in [1.807, 2.05) is 66.5 Å². The summed E-state index contributed by atoms with van der Waals surface area (Å²) in [6, 6.07) is 17.1. The molecule has 2 aromatic carbocycles. The Morgan fingerprint density at radius 2 is 1.83 bits per heavy atom. The van der Waals surface area contributed by atoms with Crippen LogP contribution in [0.25, 0.3) is 11.1 Å². The highest BCUT2D eigenvalue weighted by Crippen LogP contribution is 2.32. The van der Waals surface area contributed by atoms with E-state index in [0.717, 1.165) is 11.1 Å². The van der Waals surface area contributed by atoms with Gasteiger partial charge in [-0.2, -0.15) is 4.98 Å². The molecule has 1 heterocycles. The molecule has 0 saturated carbocycles. The molecular weight excluding hydrogens is 372 g/mol. The summed E-state index contributed by atoms with van der Waals surface area (Å²) < 4.78 is 22.2. The van der Waals surface area contributed by atoms with Crippen molar-refractivity contribution in [1.29, 1.82) is 0 Å². The van der Waals surface area contributed by atoms with E-state index in [1.165, 1.54) is 0 Å². The molecule has 7 heteroatoms. The SMILES string of the molecule is CCOC(=O)C(OCCOC)C(c1ccccc1)N(C)c1nc2ccccc2o1. The topological polar surface area (TPSA) is 74.0 Å². The van der Waals surface area contributed by atoms with Crippen molar-refractivity contribution < 1.29 is 23.4 Å². The maximum absolute atomic E-state index is 12.8. The van der Waals surface area contributed by atoms with Gasteiger partial charge < -0.3 is 23.5 Å². The minimum Gasteiger partial charge on any atom is -0.464 e. The predicted octanol–water partition coefficient (Wildman–Crippen LogP) is 3.60. The minimum absolute atomic E-state index is 0.255. The van der Waals surface area contributed by atoms with Crippen molar-refractivity contribution in [2.45, 2.75) is 19.1 Å². The minimum atomic E-state index is -0.882. The standard InChI is InChI=1S/C22H26N2O5/c1-4-27-21(25)20(28-15-14-26-3)19(16-10-6-5-7-11-16)24(2)22-23-17-12-8-9-13-18(17)29-22/h5-13,19-20H,4,14-15H2,1-3H3. The van der Waals surface area contributed by atoms with Crippen LogP contribution in [0.4, 0.5) is 6.01 Å². The third kappa shape index (κ3) is 4.93. The summed E-state index contributed by atoms with van der Waals surface area (Å²) in [5, 5.41) is 0. The average molecular weight is 398 g/mol. The molecule has 29 heavy (non-hydrogen) atoms. The van der Waals surface area contributed by atoms with Crippen molar-refractivity contribution >= 4 is 23.1 Å². The summed E-state index contributed by atoms with van der Waals surface area (Å²) in [5.41, 5.74) is 2.30. The number of carbonyl (C=O) groups is 1. The first-order valence-corrected chi connectivity index (χ1v) is 9.56. The lowest BCUT2D eigenvalue weighted by Gasteiger charge is -2.32. The number of hydrogen-bond donors (Lipinski definition) is 0. The van der Waals surface area contributed by atoms with Gasteiger partial charge in [0, 0.05) is 14.2 Å². The number of oxazole rings is 1. The fourth-order valence-corrected chi connectivity index (χ4v) is 3.15. The fourth-order valence-electron chi connectivity index (χ4n) is 3.15. The number of likely N-dealkylation sites (N-methyl/N-ethyl adjacent to an activating group) is 1. The number of ether oxygens (including phenoxy) is 3. The lowest BCUT2D eigenvalue weighted by molar-refractivity contribution is -0.159. The summed E-state index contributed by atoms with van der Waals surface area (Å²) in [6.07, 6.45) is -0.882. The van der Waals surface area contributed by atoms with E-state index >= 15 is 0 Å². The van der Waals surface area contributed by atoms with Crippen molar-refractivity contribution in [3.63, 3.8) is 0 Å². The van der Waals surface area contributed by atoms with Crippen molar-refractivity contribution in [3.8, 4) is 0 Å². The molecule has 0 N–H and O–H groups in total.